The Labute approximate surface area is 102 Å². The van der Waals surface area contributed by atoms with Crippen molar-refractivity contribution in [2.24, 2.45) is 5.92 Å². The van der Waals surface area contributed by atoms with Crippen LogP contribution in [0.5, 0.6) is 0 Å². The lowest BCUT2D eigenvalue weighted by Crippen LogP contribution is -2.28. The fourth-order valence-corrected chi connectivity index (χ4v) is 1.85. The molecule has 0 heterocycles. The van der Waals surface area contributed by atoms with E-state index in [1.165, 1.54) is 6.07 Å². The van der Waals surface area contributed by atoms with Gasteiger partial charge in [-0.2, -0.15) is 0 Å². The van der Waals surface area contributed by atoms with Gasteiger partial charge in [-0.1, -0.05) is 19.9 Å². The van der Waals surface area contributed by atoms with Crippen LogP contribution in [0.3, 0.4) is 0 Å². The molecule has 1 aromatic carbocycles. The zero-order valence-electron chi connectivity index (χ0n) is 10.6. The van der Waals surface area contributed by atoms with Gasteiger partial charge in [0.2, 0.25) is 0 Å². The van der Waals surface area contributed by atoms with E-state index in [9.17, 15) is 4.79 Å². The smallest absolute Gasteiger partial charge is 0.337 e. The first-order chi connectivity index (χ1) is 7.97. The third-order valence-corrected chi connectivity index (χ3v) is 2.62. The van der Waals surface area contributed by atoms with Gasteiger partial charge in [-0.25, -0.2) is 4.79 Å². The second-order valence-electron chi connectivity index (χ2n) is 4.48. The molecule has 3 N–H and O–H groups in total. The number of rotatable bonds is 5. The van der Waals surface area contributed by atoms with Crippen molar-refractivity contribution in [3.63, 3.8) is 0 Å². The summed E-state index contributed by atoms with van der Waals surface area (Å²) in [5, 5.41) is 9.03. The van der Waals surface area contributed by atoms with Crippen molar-refractivity contribution in [2.45, 2.75) is 20.8 Å². The van der Waals surface area contributed by atoms with Crippen molar-refractivity contribution in [1.29, 1.82) is 0 Å². The molecule has 94 valence electrons. The number of nitrogen functional groups attached to an aromatic ring is 1. The highest BCUT2D eigenvalue weighted by Crippen LogP contribution is 2.27. The molecule has 0 bridgehead atoms. The van der Waals surface area contributed by atoms with Crippen LogP contribution in [0.4, 0.5) is 11.4 Å². The van der Waals surface area contributed by atoms with Crippen molar-refractivity contribution >= 4 is 17.3 Å². The number of hydrogen-bond acceptors (Lipinski definition) is 3. The number of nitrogens with two attached hydrogens (primary N) is 1. The monoisotopic (exact) mass is 236 g/mol. The van der Waals surface area contributed by atoms with Crippen LogP contribution in [-0.4, -0.2) is 24.2 Å². The molecule has 0 amide bonds. The van der Waals surface area contributed by atoms with Crippen LogP contribution in [0.2, 0.25) is 0 Å². The van der Waals surface area contributed by atoms with E-state index in [0.29, 0.717) is 11.6 Å². The molecule has 0 saturated carbocycles. The lowest BCUT2D eigenvalue weighted by Gasteiger charge is -2.26. The Kier molecular flexibility index (Phi) is 4.37. The Balaban J connectivity index is 3.11. The summed E-state index contributed by atoms with van der Waals surface area (Å²) in [6.07, 6.45) is 0. The van der Waals surface area contributed by atoms with Gasteiger partial charge < -0.3 is 15.7 Å². The molecular formula is C13H20N2O2. The van der Waals surface area contributed by atoms with E-state index in [1.807, 2.05) is 13.0 Å². The first-order valence-electron chi connectivity index (χ1n) is 5.84. The lowest BCUT2D eigenvalue weighted by molar-refractivity contribution is 0.0698. The third kappa shape index (κ3) is 3.12. The minimum Gasteiger partial charge on any atom is -0.478 e. The van der Waals surface area contributed by atoms with Crippen molar-refractivity contribution < 1.29 is 9.90 Å². The first kappa shape index (κ1) is 13.4. The fourth-order valence-electron chi connectivity index (χ4n) is 1.85. The maximum atomic E-state index is 11.0. The summed E-state index contributed by atoms with van der Waals surface area (Å²) < 4.78 is 0. The molecule has 0 unspecified atom stereocenters. The number of aromatic carboxylic acids is 1. The van der Waals surface area contributed by atoms with Crippen LogP contribution in [0.15, 0.2) is 18.2 Å². The minimum absolute atomic E-state index is 0.171. The van der Waals surface area contributed by atoms with Gasteiger partial charge in [0.15, 0.2) is 0 Å². The Bertz CT molecular complexity index is 402. The number of carboxylic acid groups (broad SMARTS) is 1. The molecule has 4 nitrogen and oxygen atoms in total. The molecule has 1 aromatic rings. The van der Waals surface area contributed by atoms with Crippen LogP contribution in [0.1, 0.15) is 31.1 Å². The number of anilines is 2. The normalized spacial score (nSPS) is 10.6. The molecule has 0 spiro atoms. The van der Waals surface area contributed by atoms with E-state index in [4.69, 9.17) is 10.8 Å². The predicted octanol–water partition coefficient (Wildman–Crippen LogP) is 2.45. The minimum atomic E-state index is -0.982. The van der Waals surface area contributed by atoms with Gasteiger partial charge in [0.25, 0.3) is 0 Å². The maximum absolute atomic E-state index is 11.0. The molecule has 17 heavy (non-hydrogen) atoms. The van der Waals surface area contributed by atoms with Crippen LogP contribution < -0.4 is 10.6 Å². The summed E-state index contributed by atoms with van der Waals surface area (Å²) in [7, 11) is 0. The number of para-hydroxylation sites is 1. The fraction of sp³-hybridized carbons (Fsp3) is 0.462. The van der Waals surface area contributed by atoms with Gasteiger partial charge in [-0.3, -0.25) is 0 Å². The Morgan fingerprint density at radius 2 is 2.12 bits per heavy atom. The van der Waals surface area contributed by atoms with Crippen LogP contribution in [-0.2, 0) is 0 Å². The largest absolute Gasteiger partial charge is 0.478 e. The quantitative estimate of drug-likeness (QED) is 0.771. The van der Waals surface area contributed by atoms with Crippen molar-refractivity contribution in [3.8, 4) is 0 Å². The molecular weight excluding hydrogens is 216 g/mol. The topological polar surface area (TPSA) is 66.6 Å². The molecule has 0 radical (unpaired) electrons. The zero-order valence-corrected chi connectivity index (χ0v) is 10.6. The summed E-state index contributed by atoms with van der Waals surface area (Å²) in [6, 6.07) is 5.14. The lowest BCUT2D eigenvalue weighted by atomic mass is 10.1. The van der Waals surface area contributed by atoms with Crippen LogP contribution >= 0.6 is 0 Å². The molecule has 0 saturated heterocycles. The molecule has 0 aromatic heterocycles. The Morgan fingerprint density at radius 3 is 2.59 bits per heavy atom. The van der Waals surface area contributed by atoms with Gasteiger partial charge >= 0.3 is 5.97 Å². The molecule has 0 aliphatic heterocycles. The summed E-state index contributed by atoms with van der Waals surface area (Å²) in [6.45, 7) is 7.96. The summed E-state index contributed by atoms with van der Waals surface area (Å²) in [4.78, 5) is 13.1. The Morgan fingerprint density at radius 1 is 1.47 bits per heavy atom. The molecule has 0 aliphatic rings. The van der Waals surface area contributed by atoms with Crippen LogP contribution in [0, 0.1) is 5.92 Å². The van der Waals surface area contributed by atoms with Gasteiger partial charge in [-0.05, 0) is 25.0 Å². The number of carboxylic acids is 1. The number of carbonyl (C=O) groups is 1. The summed E-state index contributed by atoms with van der Waals surface area (Å²) in [5.41, 5.74) is 7.24. The van der Waals surface area contributed by atoms with Crippen molar-refractivity contribution in [1.82, 2.24) is 0 Å². The van der Waals surface area contributed by atoms with E-state index in [1.54, 1.807) is 6.07 Å². The first-order valence-corrected chi connectivity index (χ1v) is 5.84. The van der Waals surface area contributed by atoms with Crippen LogP contribution in [0.25, 0.3) is 0 Å². The number of nitrogens with zero attached hydrogens (tertiary/aromatic N) is 1. The summed E-state index contributed by atoms with van der Waals surface area (Å²) >= 11 is 0. The van der Waals surface area contributed by atoms with E-state index < -0.39 is 5.97 Å². The highest BCUT2D eigenvalue weighted by molar-refractivity contribution is 5.97. The highest BCUT2D eigenvalue weighted by atomic mass is 16.4. The van der Waals surface area contributed by atoms with Gasteiger partial charge in [0.1, 0.15) is 0 Å². The molecule has 0 atom stereocenters. The van der Waals surface area contributed by atoms with E-state index in [2.05, 4.69) is 18.7 Å². The third-order valence-electron chi connectivity index (χ3n) is 2.62. The van der Waals surface area contributed by atoms with E-state index in [0.717, 1.165) is 18.8 Å². The van der Waals surface area contributed by atoms with Gasteiger partial charge in [0.05, 0.1) is 16.9 Å². The summed E-state index contributed by atoms with van der Waals surface area (Å²) in [5.74, 6) is -0.479. The number of benzene rings is 1. The predicted molar refractivity (Wildman–Crippen MR) is 70.5 cm³/mol. The van der Waals surface area contributed by atoms with Gasteiger partial charge in [-0.15, -0.1) is 0 Å². The van der Waals surface area contributed by atoms with Crippen molar-refractivity contribution in [3.05, 3.63) is 23.8 Å². The SMILES string of the molecule is CCN(CC(C)C)c1cccc(C(=O)O)c1N. The van der Waals surface area contributed by atoms with E-state index >= 15 is 0 Å². The highest BCUT2D eigenvalue weighted by Gasteiger charge is 2.15. The number of hydrogen-bond donors (Lipinski definition) is 2. The molecule has 0 aliphatic carbocycles. The Hall–Kier alpha value is -1.71. The van der Waals surface area contributed by atoms with Crippen molar-refractivity contribution in [2.75, 3.05) is 23.7 Å². The van der Waals surface area contributed by atoms with Gasteiger partial charge in [0, 0.05) is 13.1 Å². The van der Waals surface area contributed by atoms with E-state index in [-0.39, 0.29) is 5.56 Å². The average molecular weight is 236 g/mol. The second kappa shape index (κ2) is 5.57. The standard InChI is InChI=1S/C13H20N2O2/c1-4-15(8-9(2)3)11-7-5-6-10(12(11)14)13(16)17/h5-7,9H,4,8,14H2,1-3H3,(H,16,17). The molecule has 0 fully saturated rings. The zero-order chi connectivity index (χ0) is 13.0. The second-order valence-corrected chi connectivity index (χ2v) is 4.48. The molecule has 4 heteroatoms. The molecule has 1 rings (SSSR count). The average Bonchev–Trinajstić information content (AvgIpc) is 2.26. The maximum Gasteiger partial charge on any atom is 0.337 e.